The number of hydrogen-bond donors (Lipinski definition) is 1. The van der Waals surface area contributed by atoms with Gasteiger partial charge in [-0.15, -0.1) is 11.3 Å². The van der Waals surface area contributed by atoms with E-state index in [2.05, 4.69) is 46.1 Å². The number of fused-ring (bicyclic) bond motifs is 1. The second-order valence-electron chi connectivity index (χ2n) is 6.75. The smallest absolute Gasteiger partial charge is 0.225 e. The van der Waals surface area contributed by atoms with Gasteiger partial charge in [-0.05, 0) is 49.8 Å². The molecule has 1 fully saturated rings. The zero-order valence-corrected chi connectivity index (χ0v) is 16.4. The van der Waals surface area contributed by atoms with Crippen LogP contribution in [-0.2, 0) is 0 Å². The van der Waals surface area contributed by atoms with Crippen LogP contribution in [0.2, 0.25) is 5.28 Å². The number of benzene rings is 1. The lowest BCUT2D eigenvalue weighted by atomic mass is 9.98. The van der Waals surface area contributed by atoms with Crippen LogP contribution in [0.1, 0.15) is 30.6 Å². The molecule has 1 N–H and O–H groups in total. The van der Waals surface area contributed by atoms with Gasteiger partial charge in [-0.3, -0.25) is 0 Å². The van der Waals surface area contributed by atoms with E-state index < -0.39 is 0 Å². The summed E-state index contributed by atoms with van der Waals surface area (Å²) in [5.74, 6) is 0.918. The summed E-state index contributed by atoms with van der Waals surface area (Å²) in [6.07, 6.45) is 4.16. The maximum Gasteiger partial charge on any atom is 0.225 e. The molecule has 1 aliphatic rings. The van der Waals surface area contributed by atoms with Gasteiger partial charge in [0, 0.05) is 29.6 Å². The molecule has 1 unspecified atom stereocenters. The van der Waals surface area contributed by atoms with Gasteiger partial charge in [-0.1, -0.05) is 30.3 Å². The van der Waals surface area contributed by atoms with E-state index in [0.717, 1.165) is 41.8 Å². The second kappa shape index (κ2) is 7.51. The van der Waals surface area contributed by atoms with E-state index in [-0.39, 0.29) is 6.61 Å². The first-order chi connectivity index (χ1) is 12.7. The Labute approximate surface area is 162 Å². The molecular formula is C20H22ClN3OS. The van der Waals surface area contributed by atoms with Gasteiger partial charge >= 0.3 is 0 Å². The molecule has 0 aliphatic carbocycles. The highest BCUT2D eigenvalue weighted by Gasteiger charge is 2.28. The normalized spacial score (nSPS) is 17.8. The molecule has 4 rings (SSSR count). The molecule has 0 bridgehead atoms. The highest BCUT2D eigenvalue weighted by atomic mass is 35.5. The zero-order valence-electron chi connectivity index (χ0n) is 14.8. The molecule has 1 aliphatic heterocycles. The molecule has 1 aromatic carbocycles. The van der Waals surface area contributed by atoms with Crippen LogP contribution in [0.3, 0.4) is 0 Å². The molecule has 1 saturated heterocycles. The van der Waals surface area contributed by atoms with Crippen molar-refractivity contribution in [1.29, 1.82) is 0 Å². The van der Waals surface area contributed by atoms with E-state index in [4.69, 9.17) is 11.6 Å². The molecule has 0 saturated carbocycles. The van der Waals surface area contributed by atoms with Crippen LogP contribution in [0.4, 0.5) is 5.82 Å². The third-order valence-corrected chi connectivity index (χ3v) is 6.27. The first kappa shape index (κ1) is 17.7. The van der Waals surface area contributed by atoms with E-state index in [1.165, 1.54) is 22.4 Å². The topological polar surface area (TPSA) is 49.2 Å². The molecule has 0 amide bonds. The van der Waals surface area contributed by atoms with Crippen molar-refractivity contribution in [2.75, 3.05) is 18.1 Å². The first-order valence-electron chi connectivity index (χ1n) is 9.08. The summed E-state index contributed by atoms with van der Waals surface area (Å²) in [6, 6.07) is 10.7. The van der Waals surface area contributed by atoms with Gasteiger partial charge in [0.2, 0.25) is 5.28 Å². The summed E-state index contributed by atoms with van der Waals surface area (Å²) in [5.41, 5.74) is 2.38. The zero-order chi connectivity index (χ0) is 18.1. The van der Waals surface area contributed by atoms with Gasteiger partial charge in [-0.25, -0.2) is 4.98 Å². The van der Waals surface area contributed by atoms with Gasteiger partial charge in [-0.2, -0.15) is 4.98 Å². The molecule has 2 aromatic heterocycles. The quantitative estimate of drug-likeness (QED) is 0.635. The van der Waals surface area contributed by atoms with Crippen molar-refractivity contribution in [3.63, 3.8) is 0 Å². The molecule has 0 radical (unpaired) electrons. The van der Waals surface area contributed by atoms with Crippen LogP contribution in [0.25, 0.3) is 21.3 Å². The second-order valence-corrected chi connectivity index (χ2v) is 8.29. The van der Waals surface area contributed by atoms with Crippen LogP contribution < -0.4 is 4.90 Å². The number of anilines is 1. The Hall–Kier alpha value is -1.69. The maximum atomic E-state index is 9.50. The van der Waals surface area contributed by atoms with Crippen molar-refractivity contribution in [1.82, 2.24) is 9.97 Å². The fourth-order valence-electron chi connectivity index (χ4n) is 3.96. The van der Waals surface area contributed by atoms with E-state index in [1.54, 1.807) is 11.3 Å². The lowest BCUT2D eigenvalue weighted by molar-refractivity contribution is 0.262. The fraction of sp³-hybridized carbons (Fsp3) is 0.400. The van der Waals surface area contributed by atoms with Crippen LogP contribution >= 0.6 is 22.9 Å². The van der Waals surface area contributed by atoms with Crippen molar-refractivity contribution in [2.24, 2.45) is 0 Å². The Kier molecular flexibility index (Phi) is 5.11. The summed E-state index contributed by atoms with van der Waals surface area (Å²) >= 11 is 7.95. The summed E-state index contributed by atoms with van der Waals surface area (Å²) in [6.45, 7) is 3.27. The van der Waals surface area contributed by atoms with E-state index >= 15 is 0 Å². The molecule has 6 heteroatoms. The summed E-state index contributed by atoms with van der Waals surface area (Å²) in [7, 11) is 0. The maximum absolute atomic E-state index is 9.50. The number of halogens is 1. The molecule has 1 atom stereocenters. The summed E-state index contributed by atoms with van der Waals surface area (Å²) in [4.78, 5) is 13.7. The number of nitrogens with zero attached hydrogens (tertiary/aromatic N) is 3. The summed E-state index contributed by atoms with van der Waals surface area (Å²) in [5, 5.41) is 10.9. The number of aliphatic hydroxyl groups excluding tert-OH is 1. The number of thiophene rings is 1. The first-order valence-corrected chi connectivity index (χ1v) is 10.3. The standard InChI is InChI=1S/C20H22ClN3OS/c1-13-16(14-7-3-2-4-8-14)17-18(22-20(21)23-19(17)26-13)24-11-6-5-9-15(24)10-12-25/h2-4,7-8,15,25H,5-6,9-12H2,1H3. The third kappa shape index (κ3) is 3.20. The average Bonchev–Trinajstić information content (AvgIpc) is 2.98. The van der Waals surface area contributed by atoms with Crippen LogP contribution in [0, 0.1) is 6.92 Å². The van der Waals surface area contributed by atoms with Crippen molar-refractivity contribution >= 4 is 39.0 Å². The Balaban J connectivity index is 1.94. The molecule has 3 heterocycles. The SMILES string of the molecule is Cc1sc2nc(Cl)nc(N3CCCCC3CCO)c2c1-c1ccccc1. The molecule has 136 valence electrons. The highest BCUT2D eigenvalue weighted by molar-refractivity contribution is 7.19. The predicted molar refractivity (Wildman–Crippen MR) is 109 cm³/mol. The van der Waals surface area contributed by atoms with Crippen molar-refractivity contribution < 1.29 is 5.11 Å². The Bertz CT molecular complexity index is 910. The average molecular weight is 388 g/mol. The molecule has 26 heavy (non-hydrogen) atoms. The van der Waals surface area contributed by atoms with Gasteiger partial charge in [0.1, 0.15) is 10.6 Å². The lowest BCUT2D eigenvalue weighted by Gasteiger charge is -2.37. The monoisotopic (exact) mass is 387 g/mol. The van der Waals surface area contributed by atoms with Crippen molar-refractivity contribution in [3.8, 4) is 11.1 Å². The van der Waals surface area contributed by atoms with Crippen LogP contribution in [0.5, 0.6) is 0 Å². The number of hydrogen-bond acceptors (Lipinski definition) is 5. The predicted octanol–water partition coefficient (Wildman–Crippen LogP) is 5.06. The largest absolute Gasteiger partial charge is 0.396 e. The fourth-order valence-corrected chi connectivity index (χ4v) is 5.21. The van der Waals surface area contributed by atoms with Gasteiger partial charge < -0.3 is 10.0 Å². The van der Waals surface area contributed by atoms with Gasteiger partial charge in [0.25, 0.3) is 0 Å². The number of piperidine rings is 1. The number of aromatic nitrogens is 2. The van der Waals surface area contributed by atoms with E-state index in [9.17, 15) is 5.11 Å². The molecule has 4 nitrogen and oxygen atoms in total. The van der Waals surface area contributed by atoms with Crippen LogP contribution in [0.15, 0.2) is 30.3 Å². The van der Waals surface area contributed by atoms with Crippen molar-refractivity contribution in [3.05, 3.63) is 40.5 Å². The van der Waals surface area contributed by atoms with Gasteiger partial charge in [0.15, 0.2) is 0 Å². The number of aliphatic hydroxyl groups is 1. The number of aryl methyl sites for hydroxylation is 1. The van der Waals surface area contributed by atoms with E-state index in [0.29, 0.717) is 11.3 Å². The molecule has 3 aromatic rings. The van der Waals surface area contributed by atoms with E-state index in [1.807, 2.05) is 6.07 Å². The number of rotatable bonds is 4. The minimum Gasteiger partial charge on any atom is -0.396 e. The highest BCUT2D eigenvalue weighted by Crippen LogP contribution is 2.43. The van der Waals surface area contributed by atoms with Gasteiger partial charge in [0.05, 0.1) is 5.39 Å². The molecular weight excluding hydrogens is 366 g/mol. The lowest BCUT2D eigenvalue weighted by Crippen LogP contribution is -2.40. The third-order valence-electron chi connectivity index (χ3n) is 5.11. The Morgan fingerprint density at radius 3 is 2.81 bits per heavy atom. The minimum atomic E-state index is 0.192. The minimum absolute atomic E-state index is 0.192. The summed E-state index contributed by atoms with van der Waals surface area (Å²) < 4.78 is 0. The Morgan fingerprint density at radius 1 is 1.23 bits per heavy atom. The Morgan fingerprint density at radius 2 is 2.04 bits per heavy atom. The van der Waals surface area contributed by atoms with Crippen LogP contribution in [-0.4, -0.2) is 34.3 Å². The van der Waals surface area contributed by atoms with Crippen molar-refractivity contribution in [2.45, 2.75) is 38.6 Å². The molecule has 0 spiro atoms.